The van der Waals surface area contributed by atoms with E-state index >= 15 is 0 Å². The van der Waals surface area contributed by atoms with Crippen LogP contribution in [0.25, 0.3) is 0 Å². The summed E-state index contributed by atoms with van der Waals surface area (Å²) in [6, 6.07) is 4.56. The van der Waals surface area contributed by atoms with Gasteiger partial charge in [0.25, 0.3) is 0 Å². The number of nitrogen functional groups attached to an aromatic ring is 1. The van der Waals surface area contributed by atoms with Crippen LogP contribution in [0.5, 0.6) is 0 Å². The zero-order chi connectivity index (χ0) is 12.9. The van der Waals surface area contributed by atoms with Gasteiger partial charge in [0.1, 0.15) is 4.90 Å². The second-order valence-electron chi connectivity index (χ2n) is 3.57. The molecule has 0 amide bonds. The van der Waals surface area contributed by atoms with Gasteiger partial charge in [-0.2, -0.15) is 0 Å². The van der Waals surface area contributed by atoms with Gasteiger partial charge >= 0.3 is 0 Å². The van der Waals surface area contributed by atoms with Crippen LogP contribution in [0.2, 0.25) is 0 Å². The summed E-state index contributed by atoms with van der Waals surface area (Å²) >= 11 is 0. The van der Waals surface area contributed by atoms with E-state index in [2.05, 4.69) is 5.32 Å². The number of hydrogen-bond acceptors (Lipinski definition) is 5. The highest BCUT2D eigenvalue weighted by Gasteiger charge is 2.13. The number of primary sulfonamides is 1. The summed E-state index contributed by atoms with van der Waals surface area (Å²) in [5.74, 6) is 0. The van der Waals surface area contributed by atoms with Gasteiger partial charge in [-0.1, -0.05) is 0 Å². The summed E-state index contributed by atoms with van der Waals surface area (Å²) in [7, 11) is -2.16. The lowest BCUT2D eigenvalue weighted by molar-refractivity contribution is 0.198. The maximum atomic E-state index is 11.4. The molecule has 6 nitrogen and oxygen atoms in total. The highest BCUT2D eigenvalue weighted by atomic mass is 32.2. The first-order valence-electron chi connectivity index (χ1n) is 5.10. The van der Waals surface area contributed by atoms with Crippen LogP contribution in [0.15, 0.2) is 23.1 Å². The van der Waals surface area contributed by atoms with Crippen molar-refractivity contribution < 1.29 is 13.2 Å². The van der Waals surface area contributed by atoms with Crippen LogP contribution in [0.1, 0.15) is 6.42 Å². The second kappa shape index (κ2) is 5.85. The smallest absolute Gasteiger partial charge is 0.240 e. The van der Waals surface area contributed by atoms with E-state index in [9.17, 15) is 8.42 Å². The number of nitrogens with one attached hydrogen (secondary N) is 1. The molecule has 0 aliphatic rings. The van der Waals surface area contributed by atoms with Crippen molar-refractivity contribution in [2.24, 2.45) is 5.14 Å². The first-order valence-corrected chi connectivity index (χ1v) is 6.65. The molecule has 7 heteroatoms. The fraction of sp³-hybridized carbons (Fsp3) is 0.400. The molecule has 5 N–H and O–H groups in total. The Morgan fingerprint density at radius 1 is 1.41 bits per heavy atom. The van der Waals surface area contributed by atoms with Gasteiger partial charge in [0.2, 0.25) is 10.0 Å². The van der Waals surface area contributed by atoms with E-state index in [0.29, 0.717) is 24.5 Å². The molecule has 1 aromatic rings. The molecule has 0 fully saturated rings. The van der Waals surface area contributed by atoms with Crippen LogP contribution < -0.4 is 16.2 Å². The molecule has 1 aromatic carbocycles. The van der Waals surface area contributed by atoms with Crippen LogP contribution in [0, 0.1) is 0 Å². The van der Waals surface area contributed by atoms with Crippen molar-refractivity contribution in [2.45, 2.75) is 11.3 Å². The molecule has 0 aromatic heterocycles. The highest BCUT2D eigenvalue weighted by molar-refractivity contribution is 7.89. The zero-order valence-electron chi connectivity index (χ0n) is 9.64. The van der Waals surface area contributed by atoms with Gasteiger partial charge in [-0.25, -0.2) is 13.6 Å². The van der Waals surface area contributed by atoms with E-state index in [4.69, 9.17) is 15.6 Å². The Bertz CT molecular complexity index is 474. The number of ether oxygens (including phenoxy) is 1. The Kier molecular flexibility index (Phi) is 4.73. The molecule has 0 bridgehead atoms. The molecule has 0 radical (unpaired) electrons. The van der Waals surface area contributed by atoms with Crippen molar-refractivity contribution in [3.8, 4) is 0 Å². The zero-order valence-corrected chi connectivity index (χ0v) is 10.5. The normalized spacial score (nSPS) is 11.4. The van der Waals surface area contributed by atoms with Gasteiger partial charge in [0, 0.05) is 25.9 Å². The minimum atomic E-state index is -3.77. The van der Waals surface area contributed by atoms with Crippen molar-refractivity contribution in [1.82, 2.24) is 0 Å². The SMILES string of the molecule is COCCCNc1ccc(N)cc1S(N)(=O)=O. The lowest BCUT2D eigenvalue weighted by Crippen LogP contribution is -2.16. The molecule has 17 heavy (non-hydrogen) atoms. The van der Waals surface area contributed by atoms with Crippen LogP contribution in [-0.2, 0) is 14.8 Å². The molecule has 0 saturated carbocycles. The topological polar surface area (TPSA) is 107 Å². The lowest BCUT2D eigenvalue weighted by atomic mass is 10.3. The summed E-state index contributed by atoms with van der Waals surface area (Å²) in [5, 5.41) is 8.10. The summed E-state index contributed by atoms with van der Waals surface area (Å²) < 4.78 is 27.6. The van der Waals surface area contributed by atoms with Crippen molar-refractivity contribution >= 4 is 21.4 Å². The quantitative estimate of drug-likeness (QED) is 0.505. The van der Waals surface area contributed by atoms with Crippen molar-refractivity contribution in [3.63, 3.8) is 0 Å². The van der Waals surface area contributed by atoms with E-state index in [1.165, 1.54) is 6.07 Å². The van der Waals surface area contributed by atoms with E-state index in [-0.39, 0.29) is 4.90 Å². The van der Waals surface area contributed by atoms with Crippen molar-refractivity contribution in [2.75, 3.05) is 31.3 Å². The molecule has 1 rings (SSSR count). The maximum absolute atomic E-state index is 11.4. The molecule has 0 aliphatic carbocycles. The van der Waals surface area contributed by atoms with Crippen molar-refractivity contribution in [3.05, 3.63) is 18.2 Å². The Labute approximate surface area is 101 Å². The molecule has 0 heterocycles. The van der Waals surface area contributed by atoms with E-state index in [0.717, 1.165) is 6.42 Å². The molecule has 0 spiro atoms. The molecular formula is C10H17N3O3S. The largest absolute Gasteiger partial charge is 0.399 e. The lowest BCUT2D eigenvalue weighted by Gasteiger charge is -2.11. The number of rotatable bonds is 6. The van der Waals surface area contributed by atoms with Crippen LogP contribution in [-0.4, -0.2) is 28.7 Å². The highest BCUT2D eigenvalue weighted by Crippen LogP contribution is 2.22. The molecular weight excluding hydrogens is 242 g/mol. The average Bonchev–Trinajstić information content (AvgIpc) is 2.25. The first kappa shape index (κ1) is 13.8. The summed E-state index contributed by atoms with van der Waals surface area (Å²) in [4.78, 5) is 0.00918. The van der Waals surface area contributed by atoms with Gasteiger partial charge in [0.05, 0.1) is 5.69 Å². The predicted octanol–water partition coefficient (Wildman–Crippen LogP) is 0.365. The van der Waals surface area contributed by atoms with Crippen LogP contribution in [0.3, 0.4) is 0 Å². The minimum absolute atomic E-state index is 0.00918. The monoisotopic (exact) mass is 259 g/mol. The Morgan fingerprint density at radius 3 is 2.71 bits per heavy atom. The van der Waals surface area contributed by atoms with Gasteiger partial charge in [0.15, 0.2) is 0 Å². The van der Waals surface area contributed by atoms with Crippen LogP contribution >= 0.6 is 0 Å². The van der Waals surface area contributed by atoms with Crippen LogP contribution in [0.4, 0.5) is 11.4 Å². The third-order valence-electron chi connectivity index (χ3n) is 2.15. The molecule has 0 aliphatic heterocycles. The minimum Gasteiger partial charge on any atom is -0.399 e. The average molecular weight is 259 g/mol. The van der Waals surface area contributed by atoms with Gasteiger partial charge in [-0.15, -0.1) is 0 Å². The molecule has 0 atom stereocenters. The third kappa shape index (κ3) is 4.22. The fourth-order valence-corrected chi connectivity index (χ4v) is 2.11. The maximum Gasteiger partial charge on any atom is 0.240 e. The number of anilines is 2. The number of hydrogen-bond donors (Lipinski definition) is 3. The summed E-state index contributed by atoms with van der Waals surface area (Å²) in [6.07, 6.45) is 0.769. The fourth-order valence-electron chi connectivity index (χ4n) is 1.36. The first-order chi connectivity index (χ1) is 7.95. The predicted molar refractivity (Wildman–Crippen MR) is 67.2 cm³/mol. The Balaban J connectivity index is 2.84. The van der Waals surface area contributed by atoms with Gasteiger partial charge < -0.3 is 15.8 Å². The standard InChI is InChI=1S/C10H17N3O3S/c1-16-6-2-5-13-9-4-3-8(11)7-10(9)17(12,14)15/h3-4,7,13H,2,5-6,11H2,1H3,(H2,12,14,15). The summed E-state index contributed by atoms with van der Waals surface area (Å²) in [6.45, 7) is 1.20. The van der Waals surface area contributed by atoms with Gasteiger partial charge in [-0.05, 0) is 24.6 Å². The number of methoxy groups -OCH3 is 1. The van der Waals surface area contributed by atoms with E-state index in [1.54, 1.807) is 19.2 Å². The number of nitrogens with two attached hydrogens (primary N) is 2. The molecule has 96 valence electrons. The van der Waals surface area contributed by atoms with E-state index < -0.39 is 10.0 Å². The second-order valence-corrected chi connectivity index (χ2v) is 5.10. The van der Waals surface area contributed by atoms with Crippen molar-refractivity contribution in [1.29, 1.82) is 0 Å². The molecule has 0 saturated heterocycles. The Morgan fingerprint density at radius 2 is 2.12 bits per heavy atom. The number of sulfonamides is 1. The summed E-state index contributed by atoms with van der Waals surface area (Å²) in [5.41, 5.74) is 6.35. The number of benzene rings is 1. The Hall–Kier alpha value is -1.31. The van der Waals surface area contributed by atoms with E-state index in [1.807, 2.05) is 0 Å². The van der Waals surface area contributed by atoms with Gasteiger partial charge in [-0.3, -0.25) is 0 Å². The molecule has 0 unspecified atom stereocenters. The third-order valence-corrected chi connectivity index (χ3v) is 3.10.